The molecule has 41 heavy (non-hydrogen) atoms. The fourth-order valence-electron chi connectivity index (χ4n) is 5.62. The number of aliphatic hydroxyl groups is 1. The first-order valence-electron chi connectivity index (χ1n) is 14.3. The molecule has 7 nitrogen and oxygen atoms in total. The lowest BCUT2D eigenvalue weighted by atomic mass is 9.86. The number of nitrogens with one attached hydrogen (secondary N) is 1. The van der Waals surface area contributed by atoms with Crippen LogP contribution in [0.25, 0.3) is 28.0 Å². The molecule has 4 rings (SSSR count). The molecule has 2 atom stereocenters. The minimum absolute atomic E-state index is 0.0269. The Bertz CT molecular complexity index is 1500. The van der Waals surface area contributed by atoms with Gasteiger partial charge in [-0.15, -0.1) is 0 Å². The number of carbonyl (C=O) groups is 1. The van der Waals surface area contributed by atoms with E-state index in [0.717, 1.165) is 51.9 Å². The van der Waals surface area contributed by atoms with Gasteiger partial charge in [0.15, 0.2) is 0 Å². The van der Waals surface area contributed by atoms with Crippen molar-refractivity contribution in [2.75, 3.05) is 7.05 Å². The highest BCUT2D eigenvalue weighted by atomic mass is 16.3. The summed E-state index contributed by atoms with van der Waals surface area (Å²) in [6, 6.07) is 12.1. The number of hydrogen-bond acceptors (Lipinski definition) is 6. The third kappa shape index (κ3) is 7.61. The number of aliphatic imine (C=N–C) groups is 1. The molecule has 1 aliphatic rings. The van der Waals surface area contributed by atoms with E-state index in [1.807, 2.05) is 62.8 Å². The normalized spacial score (nSPS) is 19.7. The first-order valence-corrected chi connectivity index (χ1v) is 14.3. The summed E-state index contributed by atoms with van der Waals surface area (Å²) >= 11 is 0. The summed E-state index contributed by atoms with van der Waals surface area (Å²) in [5, 5.41) is 24.9. The number of nitrogens with zero attached hydrogens (tertiary/aromatic N) is 4. The van der Waals surface area contributed by atoms with Crippen LogP contribution >= 0.6 is 0 Å². The van der Waals surface area contributed by atoms with Crippen LogP contribution in [0.5, 0.6) is 0 Å². The molecule has 0 radical (unpaired) electrons. The standard InChI is InChI=1S/C34H41N5O2/c1-23(2)18-28(20-36-4)30-11-12-32(27-9-6-8-26(19-27)29-21-37-39(5)22-29)38-33(30)31(35)14-17-34(41)15-7-10-25(13-16-34)24(3)40/h6,8-9,11-12,18-22,25,35,41H,1,7,10,13-17H2,2-5H3/b28-18+,35-31?,36-20?. The molecule has 1 saturated carbocycles. The van der Waals surface area contributed by atoms with Crippen LogP contribution in [0.3, 0.4) is 0 Å². The maximum atomic E-state index is 11.9. The largest absolute Gasteiger partial charge is 0.390 e. The molecular formula is C34H41N5O2. The third-order valence-electron chi connectivity index (χ3n) is 7.93. The lowest BCUT2D eigenvalue weighted by Gasteiger charge is -2.27. The maximum absolute atomic E-state index is 11.9. The van der Waals surface area contributed by atoms with Gasteiger partial charge in [-0.2, -0.15) is 5.10 Å². The minimum atomic E-state index is -0.881. The Balaban J connectivity index is 1.68. The van der Waals surface area contributed by atoms with Crippen LogP contribution in [-0.4, -0.2) is 50.2 Å². The van der Waals surface area contributed by atoms with Gasteiger partial charge in [-0.3, -0.25) is 14.5 Å². The van der Waals surface area contributed by atoms with Gasteiger partial charge in [0.05, 0.1) is 28.9 Å². The van der Waals surface area contributed by atoms with Gasteiger partial charge in [0.2, 0.25) is 0 Å². The Morgan fingerprint density at radius 1 is 1.20 bits per heavy atom. The Morgan fingerprint density at radius 2 is 1.98 bits per heavy atom. The molecule has 7 heteroatoms. The quantitative estimate of drug-likeness (QED) is 0.163. The van der Waals surface area contributed by atoms with Gasteiger partial charge >= 0.3 is 0 Å². The SMILES string of the molecule is C=C(C)/C=C(\C=NC)c1ccc(-c2cccc(-c3cnn(C)c3)c2)nc1C(=N)CCC1(O)CCCC(C(C)=O)CC1. The summed E-state index contributed by atoms with van der Waals surface area (Å²) in [6.45, 7) is 7.61. The van der Waals surface area contributed by atoms with E-state index in [2.05, 4.69) is 22.7 Å². The predicted molar refractivity (Wildman–Crippen MR) is 167 cm³/mol. The van der Waals surface area contributed by atoms with Crippen LogP contribution in [0, 0.1) is 11.3 Å². The van der Waals surface area contributed by atoms with Gasteiger partial charge in [0.1, 0.15) is 5.78 Å². The van der Waals surface area contributed by atoms with E-state index >= 15 is 0 Å². The Kier molecular flexibility index (Phi) is 9.61. The van der Waals surface area contributed by atoms with Crippen molar-refractivity contribution in [3.8, 4) is 22.4 Å². The van der Waals surface area contributed by atoms with Gasteiger partial charge in [0.25, 0.3) is 0 Å². The minimum Gasteiger partial charge on any atom is -0.390 e. The summed E-state index contributed by atoms with van der Waals surface area (Å²) in [5.41, 5.74) is 6.34. The number of aryl methyl sites for hydroxylation is 1. The Hall–Kier alpha value is -3.97. The second-order valence-electron chi connectivity index (χ2n) is 11.4. The molecule has 3 aromatic rings. The van der Waals surface area contributed by atoms with Crippen LogP contribution in [0.1, 0.15) is 70.1 Å². The number of carbonyl (C=O) groups excluding carboxylic acids is 1. The lowest BCUT2D eigenvalue weighted by Crippen LogP contribution is -2.29. The van der Waals surface area contributed by atoms with Crippen LogP contribution < -0.4 is 0 Å². The molecule has 1 aliphatic carbocycles. The molecular weight excluding hydrogens is 510 g/mol. The number of hydrogen-bond donors (Lipinski definition) is 2. The number of rotatable bonds is 10. The predicted octanol–water partition coefficient (Wildman–Crippen LogP) is 6.86. The van der Waals surface area contributed by atoms with Gasteiger partial charge in [0, 0.05) is 54.7 Å². The zero-order chi connectivity index (χ0) is 29.6. The average molecular weight is 552 g/mol. The van der Waals surface area contributed by atoms with Crippen molar-refractivity contribution in [2.24, 2.45) is 18.0 Å². The number of pyridine rings is 1. The smallest absolute Gasteiger partial charge is 0.132 e. The Morgan fingerprint density at radius 3 is 2.66 bits per heavy atom. The van der Waals surface area contributed by atoms with Gasteiger partial charge in [-0.05, 0) is 82.6 Å². The Labute approximate surface area is 243 Å². The van der Waals surface area contributed by atoms with Crippen LogP contribution in [0.4, 0.5) is 0 Å². The van der Waals surface area contributed by atoms with E-state index < -0.39 is 5.60 Å². The highest BCUT2D eigenvalue weighted by molar-refractivity contribution is 6.15. The number of allylic oxidation sites excluding steroid dienone is 3. The van der Waals surface area contributed by atoms with Crippen LogP contribution in [-0.2, 0) is 11.8 Å². The summed E-state index contributed by atoms with van der Waals surface area (Å²) in [5.74, 6) is 0.230. The highest BCUT2D eigenvalue weighted by Gasteiger charge is 2.32. The maximum Gasteiger partial charge on any atom is 0.132 e. The van der Waals surface area contributed by atoms with Gasteiger partial charge in [-0.25, -0.2) is 4.98 Å². The van der Waals surface area contributed by atoms with E-state index in [9.17, 15) is 9.90 Å². The summed E-state index contributed by atoms with van der Waals surface area (Å²) in [7, 11) is 3.62. The van der Waals surface area contributed by atoms with Crippen molar-refractivity contribution in [2.45, 2.75) is 64.4 Å². The van der Waals surface area contributed by atoms with Gasteiger partial charge < -0.3 is 10.5 Å². The molecule has 0 aliphatic heterocycles. The number of aromatic nitrogens is 3. The van der Waals surface area contributed by atoms with Crippen molar-refractivity contribution in [1.82, 2.24) is 14.8 Å². The van der Waals surface area contributed by atoms with E-state index in [4.69, 9.17) is 10.4 Å². The molecule has 0 bridgehead atoms. The molecule has 2 unspecified atom stereocenters. The molecule has 0 spiro atoms. The topological polar surface area (TPSA) is 104 Å². The monoisotopic (exact) mass is 551 g/mol. The van der Waals surface area contributed by atoms with E-state index in [1.54, 1.807) is 24.9 Å². The van der Waals surface area contributed by atoms with E-state index in [0.29, 0.717) is 43.5 Å². The zero-order valence-corrected chi connectivity index (χ0v) is 24.7. The third-order valence-corrected chi connectivity index (χ3v) is 7.93. The summed E-state index contributed by atoms with van der Waals surface area (Å²) < 4.78 is 1.78. The van der Waals surface area contributed by atoms with Crippen molar-refractivity contribution in [1.29, 1.82) is 5.41 Å². The number of ketones is 1. The van der Waals surface area contributed by atoms with E-state index in [-0.39, 0.29) is 11.7 Å². The molecule has 0 saturated heterocycles. The van der Waals surface area contributed by atoms with Gasteiger partial charge in [-0.1, -0.05) is 36.4 Å². The first kappa shape index (κ1) is 30.0. The molecule has 2 heterocycles. The second kappa shape index (κ2) is 13.1. The second-order valence-corrected chi connectivity index (χ2v) is 11.4. The highest BCUT2D eigenvalue weighted by Crippen LogP contribution is 2.35. The molecule has 2 aromatic heterocycles. The summed E-state index contributed by atoms with van der Waals surface area (Å²) in [6.07, 6.45) is 11.9. The van der Waals surface area contributed by atoms with E-state index in [1.165, 1.54) is 0 Å². The average Bonchev–Trinajstić information content (AvgIpc) is 3.28. The van der Waals surface area contributed by atoms with Crippen molar-refractivity contribution < 1.29 is 9.90 Å². The molecule has 2 N–H and O–H groups in total. The molecule has 1 fully saturated rings. The fraction of sp³-hybridized carbons (Fsp3) is 0.382. The number of benzene rings is 1. The van der Waals surface area contributed by atoms with Crippen molar-refractivity contribution >= 4 is 23.3 Å². The lowest BCUT2D eigenvalue weighted by molar-refractivity contribution is -0.121. The summed E-state index contributed by atoms with van der Waals surface area (Å²) in [4.78, 5) is 21.2. The zero-order valence-electron chi connectivity index (χ0n) is 24.7. The molecule has 214 valence electrons. The van der Waals surface area contributed by atoms with Crippen molar-refractivity contribution in [3.05, 3.63) is 78.3 Å². The van der Waals surface area contributed by atoms with Crippen LogP contribution in [0.2, 0.25) is 0 Å². The fourth-order valence-corrected chi connectivity index (χ4v) is 5.62. The van der Waals surface area contributed by atoms with Crippen molar-refractivity contribution in [3.63, 3.8) is 0 Å². The molecule has 1 aromatic carbocycles. The van der Waals surface area contributed by atoms with Crippen LogP contribution in [0.15, 0.2) is 72.0 Å². The number of Topliss-reactive ketones (excluding diaryl/α,β-unsaturated/α-hetero) is 1. The first-order chi connectivity index (χ1) is 19.6. The molecule has 0 amide bonds.